The zero-order valence-corrected chi connectivity index (χ0v) is 24.5. The van der Waals surface area contributed by atoms with Crippen LogP contribution in [0.3, 0.4) is 0 Å². The standard InChI is InChI=1S/C37H30FN3O4/c1-44-35-16-28-24(14-29(35)22-7-6-12-39-18-22)21-45-36-17-30(27-9-2-4-10-33(27)38)32(15-31(28)36)37(43)41-25(20-42)13-23-19-40-34-11-5-3-8-26(23)34/h2-12,14-19,25,40,42H,13,20-21H2,1H3,(H,41,43). The molecule has 1 unspecified atom stereocenters. The van der Waals surface area contributed by atoms with E-state index in [-0.39, 0.29) is 17.7 Å². The summed E-state index contributed by atoms with van der Waals surface area (Å²) in [6.07, 6.45) is 5.80. The normalized spacial score (nSPS) is 12.6. The van der Waals surface area contributed by atoms with E-state index in [1.165, 1.54) is 6.07 Å². The maximum absolute atomic E-state index is 15.2. The molecule has 1 aliphatic rings. The number of aromatic amines is 1. The summed E-state index contributed by atoms with van der Waals surface area (Å²) >= 11 is 0. The van der Waals surface area contributed by atoms with Crippen LogP contribution in [0, 0.1) is 5.82 Å². The molecule has 3 N–H and O–H groups in total. The lowest BCUT2D eigenvalue weighted by atomic mass is 9.88. The number of para-hydroxylation sites is 1. The van der Waals surface area contributed by atoms with Crippen LogP contribution in [0.1, 0.15) is 21.5 Å². The van der Waals surface area contributed by atoms with Gasteiger partial charge in [0, 0.05) is 62.9 Å². The first-order chi connectivity index (χ1) is 22.0. The fourth-order valence-corrected chi connectivity index (χ4v) is 6.06. The van der Waals surface area contributed by atoms with Gasteiger partial charge >= 0.3 is 0 Å². The van der Waals surface area contributed by atoms with Crippen LogP contribution in [-0.2, 0) is 13.0 Å². The van der Waals surface area contributed by atoms with Gasteiger partial charge in [-0.3, -0.25) is 9.78 Å². The van der Waals surface area contributed by atoms with Gasteiger partial charge in [-0.05, 0) is 65.6 Å². The van der Waals surface area contributed by atoms with Crippen molar-refractivity contribution < 1.29 is 23.8 Å². The van der Waals surface area contributed by atoms with Crippen LogP contribution in [0.4, 0.5) is 4.39 Å². The molecule has 0 bridgehead atoms. The van der Waals surface area contributed by atoms with E-state index in [0.717, 1.165) is 38.7 Å². The first-order valence-corrected chi connectivity index (χ1v) is 14.7. The van der Waals surface area contributed by atoms with E-state index in [0.29, 0.717) is 35.7 Å². The van der Waals surface area contributed by atoms with E-state index < -0.39 is 17.8 Å². The molecule has 1 aliphatic heterocycles. The third kappa shape index (κ3) is 5.30. The number of pyridine rings is 1. The Labute approximate surface area is 259 Å². The van der Waals surface area contributed by atoms with Crippen molar-refractivity contribution in [3.05, 3.63) is 126 Å². The molecule has 0 aliphatic carbocycles. The van der Waals surface area contributed by atoms with Crippen LogP contribution in [0.2, 0.25) is 0 Å². The van der Waals surface area contributed by atoms with Crippen LogP contribution in [0.25, 0.3) is 44.3 Å². The molecule has 3 heterocycles. The molecule has 0 radical (unpaired) electrons. The Morgan fingerprint density at radius 2 is 1.84 bits per heavy atom. The minimum Gasteiger partial charge on any atom is -0.496 e. The monoisotopic (exact) mass is 599 g/mol. The number of ether oxygens (including phenoxy) is 2. The first-order valence-electron chi connectivity index (χ1n) is 14.7. The number of carbonyl (C=O) groups excluding carboxylic acids is 1. The van der Waals surface area contributed by atoms with Crippen LogP contribution in [0.15, 0.2) is 104 Å². The number of aliphatic hydroxyl groups excluding tert-OH is 1. The number of halogens is 1. The number of hydrogen-bond acceptors (Lipinski definition) is 5. The second kappa shape index (κ2) is 11.9. The molecule has 0 saturated carbocycles. The predicted octanol–water partition coefficient (Wildman–Crippen LogP) is 6.94. The van der Waals surface area contributed by atoms with Gasteiger partial charge in [0.05, 0.1) is 19.8 Å². The zero-order valence-electron chi connectivity index (χ0n) is 24.5. The number of aliphatic hydroxyl groups is 1. The number of rotatable bonds is 8. The van der Waals surface area contributed by atoms with E-state index in [9.17, 15) is 9.90 Å². The van der Waals surface area contributed by atoms with Gasteiger partial charge in [0.2, 0.25) is 0 Å². The number of carbonyl (C=O) groups is 1. The number of H-pyrrole nitrogens is 1. The average Bonchev–Trinajstić information content (AvgIpc) is 3.49. The molecule has 0 fully saturated rings. The molecule has 224 valence electrons. The number of nitrogens with zero attached hydrogens (tertiary/aromatic N) is 1. The third-order valence-corrected chi connectivity index (χ3v) is 8.30. The lowest BCUT2D eigenvalue weighted by Gasteiger charge is -2.25. The quantitative estimate of drug-likeness (QED) is 0.176. The molecule has 4 aromatic carbocycles. The highest BCUT2D eigenvalue weighted by Gasteiger charge is 2.27. The first kappa shape index (κ1) is 28.3. The molecule has 2 aromatic heterocycles. The number of amides is 1. The fourth-order valence-electron chi connectivity index (χ4n) is 6.06. The zero-order chi connectivity index (χ0) is 30.9. The summed E-state index contributed by atoms with van der Waals surface area (Å²) in [6, 6.07) is 24.9. The van der Waals surface area contributed by atoms with Gasteiger partial charge in [-0.15, -0.1) is 0 Å². The van der Waals surface area contributed by atoms with E-state index in [1.54, 1.807) is 49.8 Å². The molecular formula is C37H30FN3O4. The molecular weight excluding hydrogens is 569 g/mol. The fraction of sp³-hybridized carbons (Fsp3) is 0.135. The van der Waals surface area contributed by atoms with Crippen molar-refractivity contribution >= 4 is 16.8 Å². The van der Waals surface area contributed by atoms with Gasteiger partial charge < -0.3 is 24.9 Å². The summed E-state index contributed by atoms with van der Waals surface area (Å²) < 4.78 is 27.2. The Morgan fingerprint density at radius 1 is 1.00 bits per heavy atom. The van der Waals surface area contributed by atoms with Gasteiger partial charge in [0.15, 0.2) is 0 Å². The van der Waals surface area contributed by atoms with E-state index in [1.807, 2.05) is 54.7 Å². The summed E-state index contributed by atoms with van der Waals surface area (Å²) in [5.41, 5.74) is 7.14. The lowest BCUT2D eigenvalue weighted by Crippen LogP contribution is -2.39. The van der Waals surface area contributed by atoms with Gasteiger partial charge in [-0.25, -0.2) is 4.39 Å². The molecule has 7 nitrogen and oxygen atoms in total. The molecule has 7 rings (SSSR count). The molecule has 0 spiro atoms. The minimum atomic E-state index is -0.577. The summed E-state index contributed by atoms with van der Waals surface area (Å²) in [4.78, 5) is 21.5. The number of hydrogen-bond donors (Lipinski definition) is 3. The molecule has 45 heavy (non-hydrogen) atoms. The number of methoxy groups -OCH3 is 1. The van der Waals surface area contributed by atoms with Gasteiger partial charge in [-0.1, -0.05) is 42.5 Å². The predicted molar refractivity (Wildman–Crippen MR) is 172 cm³/mol. The Balaban J connectivity index is 1.30. The summed E-state index contributed by atoms with van der Waals surface area (Å²) in [5.74, 6) is 0.299. The smallest absolute Gasteiger partial charge is 0.252 e. The van der Waals surface area contributed by atoms with Gasteiger partial charge in [0.1, 0.15) is 23.9 Å². The highest BCUT2D eigenvalue weighted by atomic mass is 19.1. The SMILES string of the molecule is COc1cc2c(cc1-c1cccnc1)COc1cc(-c3ccccc3F)c(C(=O)NC(CO)Cc3c[nH]c4ccccc34)cc1-2. The topological polar surface area (TPSA) is 96.5 Å². The molecule has 8 heteroatoms. The third-order valence-electron chi connectivity index (χ3n) is 8.30. The number of aromatic nitrogens is 2. The van der Waals surface area contributed by atoms with E-state index >= 15 is 4.39 Å². The maximum Gasteiger partial charge on any atom is 0.252 e. The van der Waals surface area contributed by atoms with Crippen LogP contribution >= 0.6 is 0 Å². The Hall–Kier alpha value is -5.47. The molecule has 0 saturated heterocycles. The summed E-state index contributed by atoms with van der Waals surface area (Å²) in [6.45, 7) is 0.0184. The van der Waals surface area contributed by atoms with Crippen LogP contribution in [0.5, 0.6) is 11.5 Å². The van der Waals surface area contributed by atoms with Crippen molar-refractivity contribution in [3.8, 4) is 44.9 Å². The summed E-state index contributed by atoms with van der Waals surface area (Å²) in [5, 5.41) is 14.3. The Bertz CT molecular complexity index is 2040. The van der Waals surface area contributed by atoms with Gasteiger partial charge in [0.25, 0.3) is 5.91 Å². The Morgan fingerprint density at radius 3 is 2.64 bits per heavy atom. The van der Waals surface area contributed by atoms with Crippen LogP contribution in [-0.4, -0.2) is 40.7 Å². The molecule has 6 aromatic rings. The molecule has 1 atom stereocenters. The summed E-state index contributed by atoms with van der Waals surface area (Å²) in [7, 11) is 1.62. The van der Waals surface area contributed by atoms with Crippen molar-refractivity contribution in [2.75, 3.05) is 13.7 Å². The van der Waals surface area contributed by atoms with Crippen molar-refractivity contribution in [1.82, 2.24) is 15.3 Å². The largest absolute Gasteiger partial charge is 0.496 e. The minimum absolute atomic E-state index is 0.267. The van der Waals surface area contributed by atoms with Crippen molar-refractivity contribution in [3.63, 3.8) is 0 Å². The van der Waals surface area contributed by atoms with E-state index in [4.69, 9.17) is 9.47 Å². The number of nitrogens with one attached hydrogen (secondary N) is 2. The van der Waals surface area contributed by atoms with Crippen molar-refractivity contribution in [2.24, 2.45) is 0 Å². The highest BCUT2D eigenvalue weighted by molar-refractivity contribution is 6.03. The molecule has 1 amide bonds. The highest BCUT2D eigenvalue weighted by Crippen LogP contribution is 2.45. The van der Waals surface area contributed by atoms with Crippen LogP contribution < -0.4 is 14.8 Å². The average molecular weight is 600 g/mol. The van der Waals surface area contributed by atoms with E-state index in [2.05, 4.69) is 15.3 Å². The van der Waals surface area contributed by atoms with Crippen molar-refractivity contribution in [2.45, 2.75) is 19.1 Å². The van der Waals surface area contributed by atoms with Gasteiger partial charge in [-0.2, -0.15) is 0 Å². The second-order valence-electron chi connectivity index (χ2n) is 11.0. The maximum atomic E-state index is 15.2. The Kier molecular flexibility index (Phi) is 7.49. The number of benzene rings is 4. The van der Waals surface area contributed by atoms with Crippen molar-refractivity contribution in [1.29, 1.82) is 0 Å². The second-order valence-corrected chi connectivity index (χ2v) is 11.0. The number of fused-ring (bicyclic) bond motifs is 4. The lowest BCUT2D eigenvalue weighted by molar-refractivity contribution is 0.0917.